The average molecular weight is 611 g/mol. The highest BCUT2D eigenvalue weighted by Crippen LogP contribution is 2.29. The molecule has 4 rings (SSSR count). The predicted molar refractivity (Wildman–Crippen MR) is 158 cm³/mol. The molecule has 1 amide bonds. The second kappa shape index (κ2) is 12.3. The molecule has 4 aromatic rings. The third kappa shape index (κ3) is 6.85. The molecule has 0 bridgehead atoms. The van der Waals surface area contributed by atoms with Gasteiger partial charge in [-0.25, -0.2) is 16.8 Å². The van der Waals surface area contributed by atoms with Crippen LogP contribution in [0.25, 0.3) is 0 Å². The van der Waals surface area contributed by atoms with Gasteiger partial charge in [0.15, 0.2) is 0 Å². The van der Waals surface area contributed by atoms with E-state index in [1.165, 1.54) is 74.7 Å². The van der Waals surface area contributed by atoms with Crippen LogP contribution in [0.5, 0.6) is 5.75 Å². The van der Waals surface area contributed by atoms with Crippen LogP contribution >= 0.6 is 0 Å². The molecule has 0 saturated carbocycles. The van der Waals surface area contributed by atoms with Gasteiger partial charge in [-0.1, -0.05) is 24.3 Å². The molecule has 218 valence electrons. The van der Waals surface area contributed by atoms with Crippen LogP contribution in [0.1, 0.15) is 5.56 Å². The number of benzene rings is 4. The van der Waals surface area contributed by atoms with Crippen LogP contribution in [0.15, 0.2) is 107 Å². The Morgan fingerprint density at radius 1 is 0.857 bits per heavy atom. The van der Waals surface area contributed by atoms with E-state index in [1.54, 1.807) is 30.3 Å². The molecule has 0 aromatic heterocycles. The Labute approximate surface area is 242 Å². The number of nitro benzene ring substituents is 1. The number of carbonyl (C=O) groups excluding carboxylic acids is 1. The fourth-order valence-electron chi connectivity index (χ4n) is 3.91. The van der Waals surface area contributed by atoms with Gasteiger partial charge >= 0.3 is 0 Å². The van der Waals surface area contributed by atoms with Crippen LogP contribution in [-0.4, -0.2) is 41.3 Å². The van der Waals surface area contributed by atoms with E-state index >= 15 is 0 Å². The van der Waals surface area contributed by atoms with Gasteiger partial charge in [0.05, 0.1) is 27.5 Å². The number of nitrogens with zero attached hydrogens (tertiary/aromatic N) is 2. The van der Waals surface area contributed by atoms with Crippen molar-refractivity contribution in [1.29, 1.82) is 0 Å². The molecular formula is C28H26N4O8S2. The fourth-order valence-corrected chi connectivity index (χ4v) is 6.41. The Morgan fingerprint density at radius 2 is 1.48 bits per heavy atom. The van der Waals surface area contributed by atoms with Crippen LogP contribution in [0.4, 0.5) is 22.7 Å². The summed E-state index contributed by atoms with van der Waals surface area (Å²) in [4.78, 5) is 23.4. The second-order valence-electron chi connectivity index (χ2n) is 8.96. The number of methoxy groups -OCH3 is 1. The zero-order valence-electron chi connectivity index (χ0n) is 22.4. The van der Waals surface area contributed by atoms with Crippen molar-refractivity contribution in [1.82, 2.24) is 0 Å². The van der Waals surface area contributed by atoms with Crippen molar-refractivity contribution in [3.05, 3.63) is 113 Å². The molecule has 0 aliphatic carbocycles. The average Bonchev–Trinajstić information content (AvgIpc) is 2.96. The van der Waals surface area contributed by atoms with Gasteiger partial charge in [0.1, 0.15) is 12.3 Å². The van der Waals surface area contributed by atoms with Crippen LogP contribution < -0.4 is 19.1 Å². The minimum atomic E-state index is -4.45. The summed E-state index contributed by atoms with van der Waals surface area (Å²) in [5.74, 6) is -0.294. The minimum absolute atomic E-state index is 0.0484. The summed E-state index contributed by atoms with van der Waals surface area (Å²) in [6.45, 7) is 0.795. The number of ether oxygens (including phenoxy) is 1. The predicted octanol–water partition coefficient (Wildman–Crippen LogP) is 4.55. The van der Waals surface area contributed by atoms with Gasteiger partial charge in [-0.15, -0.1) is 0 Å². The van der Waals surface area contributed by atoms with Gasteiger partial charge in [0, 0.05) is 23.0 Å². The first-order valence-electron chi connectivity index (χ1n) is 12.3. The maximum Gasteiger partial charge on any atom is 0.273 e. The van der Waals surface area contributed by atoms with Crippen LogP contribution in [0, 0.1) is 17.0 Å². The van der Waals surface area contributed by atoms with Crippen LogP contribution in [0.2, 0.25) is 0 Å². The molecule has 42 heavy (non-hydrogen) atoms. The lowest BCUT2D eigenvalue weighted by molar-refractivity contribution is -0.385. The van der Waals surface area contributed by atoms with Gasteiger partial charge < -0.3 is 10.1 Å². The first-order chi connectivity index (χ1) is 19.9. The van der Waals surface area contributed by atoms with E-state index in [-0.39, 0.29) is 32.4 Å². The summed E-state index contributed by atoms with van der Waals surface area (Å²) in [5.41, 5.74) is 0.608. The number of carbonyl (C=O) groups is 1. The van der Waals surface area contributed by atoms with E-state index in [0.717, 1.165) is 10.4 Å². The van der Waals surface area contributed by atoms with Crippen LogP contribution in [-0.2, 0) is 24.8 Å². The number of rotatable bonds is 11. The molecule has 14 heteroatoms. The van der Waals surface area contributed by atoms with Gasteiger partial charge in [0.25, 0.3) is 25.7 Å². The summed E-state index contributed by atoms with van der Waals surface area (Å²) < 4.78 is 61.2. The van der Waals surface area contributed by atoms with Gasteiger partial charge in [-0.2, -0.15) is 0 Å². The van der Waals surface area contributed by atoms with Crippen molar-refractivity contribution in [2.45, 2.75) is 16.7 Å². The van der Waals surface area contributed by atoms with Gasteiger partial charge in [-0.05, 0) is 73.7 Å². The maximum atomic E-state index is 13.7. The summed E-state index contributed by atoms with van der Waals surface area (Å²) in [6.07, 6.45) is 0. The minimum Gasteiger partial charge on any atom is -0.497 e. The van der Waals surface area contributed by atoms with Crippen molar-refractivity contribution in [2.24, 2.45) is 0 Å². The molecule has 0 heterocycles. The van der Waals surface area contributed by atoms with E-state index in [9.17, 15) is 31.7 Å². The normalized spacial score (nSPS) is 11.4. The van der Waals surface area contributed by atoms with Crippen molar-refractivity contribution >= 4 is 48.7 Å². The van der Waals surface area contributed by atoms with E-state index < -0.39 is 37.4 Å². The Hall–Kier alpha value is -4.95. The summed E-state index contributed by atoms with van der Waals surface area (Å²) in [7, 11) is -6.90. The van der Waals surface area contributed by atoms with Crippen molar-refractivity contribution in [3.8, 4) is 5.75 Å². The topological polar surface area (TPSA) is 165 Å². The summed E-state index contributed by atoms with van der Waals surface area (Å²) in [5, 5.41) is 14.0. The SMILES string of the molecule is COc1ccc(N(CC(=O)Nc2ccc(S(=O)(=O)Nc3ccccc3)cc2)S(=O)(=O)c2ccc(C)c([N+](=O)[O-])c2)cc1. The molecule has 0 saturated heterocycles. The molecule has 4 aromatic carbocycles. The standard InChI is InChI=1S/C28H26N4O8S2/c1-20-8-15-26(18-27(20)32(34)35)42(38,39)31(23-11-13-24(40-2)14-12-23)19-28(33)29-21-9-16-25(17-10-21)41(36,37)30-22-6-4-3-5-7-22/h3-18,30H,19H2,1-2H3,(H,29,33). The fraction of sp³-hybridized carbons (Fsp3) is 0.107. The first kappa shape index (κ1) is 30.0. The number of hydrogen-bond donors (Lipinski definition) is 2. The van der Waals surface area contributed by atoms with Crippen molar-refractivity contribution < 1.29 is 31.3 Å². The number of anilines is 3. The molecule has 0 fully saturated rings. The number of nitrogens with one attached hydrogen (secondary N) is 2. The number of nitro groups is 1. The molecule has 0 spiro atoms. The second-order valence-corrected chi connectivity index (χ2v) is 12.5. The third-order valence-corrected chi connectivity index (χ3v) is 9.25. The zero-order chi connectivity index (χ0) is 30.5. The summed E-state index contributed by atoms with van der Waals surface area (Å²) in [6, 6.07) is 23.0. The monoisotopic (exact) mass is 610 g/mol. The zero-order valence-corrected chi connectivity index (χ0v) is 24.1. The first-order valence-corrected chi connectivity index (χ1v) is 15.2. The van der Waals surface area contributed by atoms with E-state index in [4.69, 9.17) is 4.74 Å². The molecule has 0 radical (unpaired) electrons. The lowest BCUT2D eigenvalue weighted by Crippen LogP contribution is -2.38. The van der Waals surface area contributed by atoms with Crippen molar-refractivity contribution in [3.63, 3.8) is 0 Å². The highest BCUT2D eigenvalue weighted by molar-refractivity contribution is 7.93. The quantitative estimate of drug-likeness (QED) is 0.184. The summed E-state index contributed by atoms with van der Waals surface area (Å²) >= 11 is 0. The number of para-hydroxylation sites is 1. The van der Waals surface area contributed by atoms with Crippen molar-refractivity contribution in [2.75, 3.05) is 28.0 Å². The smallest absolute Gasteiger partial charge is 0.273 e. The van der Waals surface area contributed by atoms with Gasteiger partial charge in [-0.3, -0.25) is 23.9 Å². The maximum absolute atomic E-state index is 13.7. The Kier molecular flexibility index (Phi) is 8.78. The molecule has 0 aliphatic rings. The molecular weight excluding hydrogens is 584 g/mol. The molecule has 0 aliphatic heterocycles. The lowest BCUT2D eigenvalue weighted by atomic mass is 10.2. The molecule has 0 unspecified atom stereocenters. The van der Waals surface area contributed by atoms with Gasteiger partial charge in [0.2, 0.25) is 5.91 Å². The Morgan fingerprint density at radius 3 is 2.07 bits per heavy atom. The van der Waals surface area contributed by atoms with Crippen LogP contribution in [0.3, 0.4) is 0 Å². The molecule has 2 N–H and O–H groups in total. The number of sulfonamides is 2. The lowest BCUT2D eigenvalue weighted by Gasteiger charge is -2.24. The van der Waals surface area contributed by atoms with E-state index in [2.05, 4.69) is 10.0 Å². The highest BCUT2D eigenvalue weighted by atomic mass is 32.2. The number of aryl methyl sites for hydroxylation is 1. The number of amides is 1. The van der Waals surface area contributed by atoms with E-state index in [1.807, 2.05) is 0 Å². The largest absolute Gasteiger partial charge is 0.497 e. The third-order valence-electron chi connectivity index (χ3n) is 6.09. The molecule has 12 nitrogen and oxygen atoms in total. The molecule has 0 atom stereocenters. The Balaban J connectivity index is 1.58. The Bertz CT molecular complexity index is 1810. The number of hydrogen-bond acceptors (Lipinski definition) is 8. The highest BCUT2D eigenvalue weighted by Gasteiger charge is 2.29. The van der Waals surface area contributed by atoms with E-state index in [0.29, 0.717) is 11.4 Å².